The van der Waals surface area contributed by atoms with Crippen molar-refractivity contribution >= 4 is 55.5 Å². The summed E-state index contributed by atoms with van der Waals surface area (Å²) in [5.41, 5.74) is 9.27. The maximum absolute atomic E-state index is 12.5. The van der Waals surface area contributed by atoms with Crippen LogP contribution in [0.2, 0.25) is 0 Å². The zero-order chi connectivity index (χ0) is 43.0. The van der Waals surface area contributed by atoms with Gasteiger partial charge in [-0.15, -0.1) is 0 Å². The molecule has 0 aliphatic heterocycles. The number of phenols is 2. The van der Waals surface area contributed by atoms with Crippen LogP contribution < -0.4 is 0 Å². The molecule has 1 aliphatic carbocycles. The molecule has 0 bridgehead atoms. The largest absolute Gasteiger partial charge is 2.00 e. The van der Waals surface area contributed by atoms with Crippen LogP contribution in [0.15, 0.2) is 204 Å². The number of phenolic OH excluding ortho intramolecular Hbond substituents is 2. The number of fused-ring (bicyclic) bond motifs is 4. The molecule has 0 unspecified atom stereocenters. The van der Waals surface area contributed by atoms with Gasteiger partial charge in [-0.25, -0.2) is 0 Å². The van der Waals surface area contributed by atoms with Crippen molar-refractivity contribution in [3.05, 3.63) is 220 Å². The summed E-state index contributed by atoms with van der Waals surface area (Å²) in [5, 5.41) is 33.4. The molecule has 1 fully saturated rings. The van der Waals surface area contributed by atoms with Gasteiger partial charge in [0, 0.05) is 45.8 Å². The Hall–Kier alpha value is -6.94. The van der Waals surface area contributed by atoms with E-state index in [2.05, 4.69) is 158 Å². The molecule has 5 heteroatoms. The van der Waals surface area contributed by atoms with E-state index in [0.717, 1.165) is 113 Å². The molecule has 4 nitrogen and oxygen atoms in total. The van der Waals surface area contributed by atoms with Crippen molar-refractivity contribution in [1.29, 1.82) is 0 Å². The van der Waals surface area contributed by atoms with Gasteiger partial charge in [0.15, 0.2) is 0 Å². The van der Waals surface area contributed by atoms with Crippen molar-refractivity contribution in [2.24, 2.45) is 9.98 Å². The average molecular weight is 948 g/mol. The van der Waals surface area contributed by atoms with E-state index in [0.29, 0.717) is 11.1 Å². The zero-order valence-corrected chi connectivity index (χ0v) is 40.4. The van der Waals surface area contributed by atoms with Crippen LogP contribution in [0.5, 0.6) is 11.5 Å². The van der Waals surface area contributed by atoms with Gasteiger partial charge in [-0.1, -0.05) is 195 Å². The van der Waals surface area contributed by atoms with Gasteiger partial charge in [0.1, 0.15) is 11.5 Å². The van der Waals surface area contributed by atoms with Crippen molar-refractivity contribution < 1.29 is 36.4 Å². The summed E-state index contributed by atoms with van der Waals surface area (Å²) in [5.74, 6) is 0.424. The van der Waals surface area contributed by atoms with Crippen LogP contribution in [-0.2, 0) is 26.2 Å². The Balaban J connectivity index is 0.00000203. The Morgan fingerprint density at radius 1 is 0.373 bits per heavy atom. The van der Waals surface area contributed by atoms with Gasteiger partial charge >= 0.3 is 26.2 Å². The Labute approximate surface area is 413 Å². The first-order valence-electron chi connectivity index (χ1n) is 22.3. The Kier molecular flexibility index (Phi) is 14.1. The number of aliphatic imine (C=N–C) groups is 2. The number of rotatable bonds is 8. The third-order valence-corrected chi connectivity index (χ3v) is 13.1. The molecular weight excluding hydrogens is 896 g/mol. The maximum atomic E-state index is 12.5. The number of hydrogen-bond donors (Lipinski definition) is 2. The second-order valence-corrected chi connectivity index (χ2v) is 16.9. The van der Waals surface area contributed by atoms with Crippen LogP contribution in [-0.4, -0.2) is 34.7 Å². The second-order valence-electron chi connectivity index (χ2n) is 16.9. The zero-order valence-electron chi connectivity index (χ0n) is 37.9. The van der Waals surface area contributed by atoms with Gasteiger partial charge in [-0.05, 0) is 90.3 Å². The molecule has 0 radical (unpaired) electrons. The molecule has 1 aliphatic rings. The smallest absolute Gasteiger partial charge is 0.507 e. The molecule has 67 heavy (non-hydrogen) atoms. The normalized spacial score (nSPS) is 14.9. The van der Waals surface area contributed by atoms with Gasteiger partial charge in [0.2, 0.25) is 0 Å². The number of benzene rings is 10. The van der Waals surface area contributed by atoms with Crippen molar-refractivity contribution in [3.63, 3.8) is 0 Å². The van der Waals surface area contributed by atoms with E-state index in [-0.39, 0.29) is 64.6 Å². The van der Waals surface area contributed by atoms with E-state index < -0.39 is 0 Å². The summed E-state index contributed by atoms with van der Waals surface area (Å²) in [6.45, 7) is 0. The van der Waals surface area contributed by atoms with E-state index in [1.807, 2.05) is 48.8 Å². The third kappa shape index (κ3) is 8.77. The van der Waals surface area contributed by atoms with Gasteiger partial charge in [0.05, 0.1) is 12.1 Å². The van der Waals surface area contributed by atoms with Crippen LogP contribution >= 0.6 is 0 Å². The first-order chi connectivity index (χ1) is 31.6. The Morgan fingerprint density at radius 2 is 0.701 bits per heavy atom. The van der Waals surface area contributed by atoms with Crippen molar-refractivity contribution in [2.45, 2.75) is 37.8 Å². The monoisotopic (exact) mass is 946 g/mol. The predicted octanol–water partition coefficient (Wildman–Crippen LogP) is 16.1. The minimum Gasteiger partial charge on any atom is -0.507 e. The van der Waals surface area contributed by atoms with E-state index in [4.69, 9.17) is 9.98 Å². The molecule has 0 spiro atoms. The molecule has 0 amide bonds. The fraction of sp³-hybridized carbons (Fsp3) is 0.0968. The maximum Gasteiger partial charge on any atom is 2.00 e. The first kappa shape index (κ1) is 46.6. The summed E-state index contributed by atoms with van der Waals surface area (Å²) < 4.78 is 0. The minimum atomic E-state index is -0.0958. The molecule has 10 aromatic carbocycles. The van der Waals surface area contributed by atoms with Gasteiger partial charge in [-0.3, -0.25) is 9.98 Å². The molecule has 10 aromatic rings. The van der Waals surface area contributed by atoms with Crippen LogP contribution in [0.25, 0.3) is 87.6 Å². The minimum absolute atomic E-state index is 0. The summed E-state index contributed by atoms with van der Waals surface area (Å²) in [4.78, 5) is 10.5. The number of hydrogen-bond acceptors (Lipinski definition) is 4. The van der Waals surface area contributed by atoms with E-state index in [1.54, 1.807) is 0 Å². The molecule has 11 rings (SSSR count). The topological polar surface area (TPSA) is 65.2 Å². The van der Waals surface area contributed by atoms with Crippen LogP contribution in [0.4, 0.5) is 0 Å². The molecule has 326 valence electrons. The summed E-state index contributed by atoms with van der Waals surface area (Å²) in [7, 11) is 0. The van der Waals surface area contributed by atoms with Crippen molar-refractivity contribution in [3.8, 4) is 56.0 Å². The van der Waals surface area contributed by atoms with Crippen LogP contribution in [0.3, 0.4) is 0 Å². The second kappa shape index (κ2) is 20.3. The summed E-state index contributed by atoms with van der Waals surface area (Å²) in [6.07, 6.45) is 7.60. The Morgan fingerprint density at radius 3 is 1.09 bits per heavy atom. The molecule has 0 saturated heterocycles. The van der Waals surface area contributed by atoms with Gasteiger partial charge in [0.25, 0.3) is 0 Å². The quantitative estimate of drug-likeness (QED) is 0.118. The average Bonchev–Trinajstić information content (AvgIpc) is 3.35. The van der Waals surface area contributed by atoms with Crippen molar-refractivity contribution in [1.82, 2.24) is 0 Å². The van der Waals surface area contributed by atoms with Crippen LogP contribution in [0, 0.1) is 14.9 Å². The molecular formula is C62H52N2O2Zr. The summed E-state index contributed by atoms with van der Waals surface area (Å²) >= 11 is 0. The van der Waals surface area contributed by atoms with Crippen LogP contribution in [0.1, 0.15) is 36.8 Å². The molecule has 0 heterocycles. The fourth-order valence-electron chi connectivity index (χ4n) is 10.0. The van der Waals surface area contributed by atoms with Gasteiger partial charge in [-0.2, -0.15) is 0 Å². The predicted molar refractivity (Wildman–Crippen MR) is 282 cm³/mol. The van der Waals surface area contributed by atoms with E-state index in [1.165, 1.54) is 0 Å². The number of nitrogens with zero attached hydrogens (tertiary/aromatic N) is 2. The molecule has 2 atom stereocenters. The standard InChI is InChI=1S/C60H46N2O2.2CH3.Zr/c63-59-45(35-43-23-9-13-27-49(43)57(59)55-47-25-11-7-21-41(47)31-33-51(55)39-17-3-1-4-18-39)37-61-53-29-15-16-30-54(53)62-38-46-36-44-24-10-14-28-50(44)58(60(46)64)56-48-26-12-8-22-42(48)32-34-52(56)40-19-5-2-6-20-40;;;/h1-14,17-28,31-38,53-54,63-64H,15-16,29-30H2;2*1H3;/q;2*-1;+2/t53-,54-;;;/m0.../s1. The van der Waals surface area contributed by atoms with Gasteiger partial charge < -0.3 is 25.1 Å². The first-order valence-corrected chi connectivity index (χ1v) is 22.3. The molecule has 1 saturated carbocycles. The Bertz CT molecular complexity index is 3210. The van der Waals surface area contributed by atoms with E-state index >= 15 is 0 Å². The summed E-state index contributed by atoms with van der Waals surface area (Å²) in [6, 6.07) is 66.9. The molecule has 2 N–H and O–H groups in total. The fourth-order valence-corrected chi connectivity index (χ4v) is 10.0. The van der Waals surface area contributed by atoms with Crippen molar-refractivity contribution in [2.75, 3.05) is 0 Å². The SMILES string of the molecule is Oc1c(C=N[C@H]2CCCC[C@@H]2N=Cc2cc3ccccc3c(-c3c(-c4ccccc4)ccc4ccccc34)c2O)cc2ccccc2c1-c1c(-c2ccccc2)ccc2ccccc12.[CH3-].[CH3-].[Zr+2]. The van der Waals surface area contributed by atoms with E-state index in [9.17, 15) is 10.2 Å². The number of aromatic hydroxyl groups is 2. The third-order valence-electron chi connectivity index (χ3n) is 13.1. The molecule has 0 aromatic heterocycles.